The van der Waals surface area contributed by atoms with Crippen LogP contribution in [0.25, 0.3) is 0 Å². The van der Waals surface area contributed by atoms with Crippen molar-refractivity contribution < 1.29 is 9.72 Å². The summed E-state index contributed by atoms with van der Waals surface area (Å²) < 4.78 is 0. The molecule has 1 heterocycles. The highest BCUT2D eigenvalue weighted by Gasteiger charge is 2.30. The minimum atomic E-state index is -0.543. The molecule has 0 saturated carbocycles. The summed E-state index contributed by atoms with van der Waals surface area (Å²) in [6, 6.07) is 12.3. The van der Waals surface area contributed by atoms with E-state index in [1.165, 1.54) is 12.1 Å². The lowest BCUT2D eigenvalue weighted by atomic mass is 9.94. The van der Waals surface area contributed by atoms with Crippen LogP contribution in [0.3, 0.4) is 0 Å². The standard InChI is InChI=1S/C18H15ClN4O3S/c1-10-15(17(24)21-13-4-2-3-12(19)9-13)16(22-18(27)20-10)11-5-7-14(8-6-11)23(25)26/h2-9,16H,1H3,(H,21,24)(H2,20,22,27)/t16-/m1/s1. The molecule has 138 valence electrons. The first-order valence-electron chi connectivity index (χ1n) is 7.94. The second-order valence-corrected chi connectivity index (χ2v) is 6.73. The van der Waals surface area contributed by atoms with Crippen LogP contribution in [0.1, 0.15) is 18.5 Å². The zero-order valence-electron chi connectivity index (χ0n) is 14.2. The average Bonchev–Trinajstić information content (AvgIpc) is 2.61. The monoisotopic (exact) mass is 402 g/mol. The molecular weight excluding hydrogens is 388 g/mol. The molecule has 3 rings (SSSR count). The maximum Gasteiger partial charge on any atom is 0.269 e. The number of nitro benzene ring substituents is 1. The van der Waals surface area contributed by atoms with Gasteiger partial charge in [0.05, 0.1) is 16.5 Å². The topological polar surface area (TPSA) is 96.3 Å². The van der Waals surface area contributed by atoms with Crippen LogP contribution in [0, 0.1) is 10.1 Å². The number of allylic oxidation sites excluding steroid dienone is 1. The van der Waals surface area contributed by atoms with Crippen molar-refractivity contribution in [3.8, 4) is 0 Å². The van der Waals surface area contributed by atoms with Gasteiger partial charge >= 0.3 is 0 Å². The van der Waals surface area contributed by atoms with E-state index in [0.29, 0.717) is 32.7 Å². The maximum absolute atomic E-state index is 12.9. The lowest BCUT2D eigenvalue weighted by molar-refractivity contribution is -0.384. The Bertz CT molecular complexity index is 959. The molecule has 1 aliphatic heterocycles. The third-order valence-corrected chi connectivity index (χ3v) is 4.49. The number of carbonyl (C=O) groups is 1. The van der Waals surface area contributed by atoms with Gasteiger partial charge in [-0.25, -0.2) is 0 Å². The Morgan fingerprint density at radius 3 is 2.59 bits per heavy atom. The first kappa shape index (κ1) is 18.8. The fraction of sp³-hybridized carbons (Fsp3) is 0.111. The van der Waals surface area contributed by atoms with Gasteiger partial charge in [-0.05, 0) is 55.0 Å². The van der Waals surface area contributed by atoms with Gasteiger partial charge < -0.3 is 16.0 Å². The molecule has 0 unspecified atom stereocenters. The van der Waals surface area contributed by atoms with Gasteiger partial charge in [0, 0.05) is 28.5 Å². The number of anilines is 1. The number of hydrogen-bond acceptors (Lipinski definition) is 4. The van der Waals surface area contributed by atoms with Crippen LogP contribution in [0.5, 0.6) is 0 Å². The molecule has 1 amide bonds. The lowest BCUT2D eigenvalue weighted by Gasteiger charge is -2.30. The minimum Gasteiger partial charge on any atom is -0.351 e. The molecule has 0 spiro atoms. The number of nitro groups is 1. The van der Waals surface area contributed by atoms with Gasteiger partial charge in [0.15, 0.2) is 5.11 Å². The van der Waals surface area contributed by atoms with Crippen LogP contribution >= 0.6 is 23.8 Å². The number of non-ortho nitro benzene ring substituents is 1. The maximum atomic E-state index is 12.9. The van der Waals surface area contributed by atoms with Crippen LogP contribution in [-0.2, 0) is 4.79 Å². The summed E-state index contributed by atoms with van der Waals surface area (Å²) in [5, 5.41) is 20.5. The first-order valence-corrected chi connectivity index (χ1v) is 8.73. The Morgan fingerprint density at radius 2 is 1.96 bits per heavy atom. The summed E-state index contributed by atoms with van der Waals surface area (Å²) in [6.45, 7) is 1.75. The van der Waals surface area contributed by atoms with Crippen molar-refractivity contribution in [3.05, 3.63) is 80.5 Å². The molecule has 1 atom stereocenters. The molecule has 0 bridgehead atoms. The molecule has 9 heteroatoms. The molecule has 1 aliphatic rings. The Morgan fingerprint density at radius 1 is 1.26 bits per heavy atom. The Kier molecular flexibility index (Phi) is 5.38. The van der Waals surface area contributed by atoms with Crippen molar-refractivity contribution >= 4 is 46.2 Å². The quantitative estimate of drug-likeness (QED) is 0.410. The highest BCUT2D eigenvalue weighted by molar-refractivity contribution is 7.80. The molecular formula is C18H15ClN4O3S. The van der Waals surface area contributed by atoms with Crippen molar-refractivity contribution in [1.82, 2.24) is 10.6 Å². The van der Waals surface area contributed by atoms with Gasteiger partial charge in [0.1, 0.15) is 0 Å². The third kappa shape index (κ3) is 4.24. The van der Waals surface area contributed by atoms with Gasteiger partial charge in [0.2, 0.25) is 0 Å². The zero-order valence-corrected chi connectivity index (χ0v) is 15.7. The predicted octanol–water partition coefficient (Wildman–Crippen LogP) is 3.68. The van der Waals surface area contributed by atoms with Crippen molar-refractivity contribution in [2.75, 3.05) is 5.32 Å². The van der Waals surface area contributed by atoms with E-state index in [-0.39, 0.29) is 11.6 Å². The largest absolute Gasteiger partial charge is 0.351 e. The summed E-state index contributed by atoms with van der Waals surface area (Å²) in [4.78, 5) is 23.3. The zero-order chi connectivity index (χ0) is 19.6. The lowest BCUT2D eigenvalue weighted by Crippen LogP contribution is -2.45. The fourth-order valence-corrected chi connectivity index (χ4v) is 3.26. The molecule has 2 aromatic rings. The first-order chi connectivity index (χ1) is 12.8. The number of benzene rings is 2. The highest BCUT2D eigenvalue weighted by Crippen LogP contribution is 2.29. The van der Waals surface area contributed by atoms with Crippen molar-refractivity contribution in [2.45, 2.75) is 13.0 Å². The third-order valence-electron chi connectivity index (χ3n) is 4.03. The molecule has 3 N–H and O–H groups in total. The van der Waals surface area contributed by atoms with E-state index in [2.05, 4.69) is 16.0 Å². The molecule has 2 aromatic carbocycles. The van der Waals surface area contributed by atoms with Crippen LogP contribution in [0.4, 0.5) is 11.4 Å². The Labute approximate surface area is 165 Å². The summed E-state index contributed by atoms with van der Waals surface area (Å²) in [6.07, 6.45) is 0. The number of hydrogen-bond donors (Lipinski definition) is 3. The van der Waals surface area contributed by atoms with Gasteiger partial charge in [-0.15, -0.1) is 0 Å². The van der Waals surface area contributed by atoms with E-state index in [9.17, 15) is 14.9 Å². The number of nitrogens with one attached hydrogen (secondary N) is 3. The smallest absolute Gasteiger partial charge is 0.269 e. The Balaban J connectivity index is 1.93. The normalized spacial score (nSPS) is 16.4. The van der Waals surface area contributed by atoms with Gasteiger partial charge in [-0.1, -0.05) is 17.7 Å². The molecule has 0 aliphatic carbocycles. The molecule has 0 aromatic heterocycles. The summed E-state index contributed by atoms with van der Waals surface area (Å²) in [5.41, 5.74) is 2.24. The number of nitrogens with zero attached hydrogens (tertiary/aromatic N) is 1. The van der Waals surface area contributed by atoms with Crippen LogP contribution < -0.4 is 16.0 Å². The van der Waals surface area contributed by atoms with E-state index in [4.69, 9.17) is 23.8 Å². The molecule has 0 radical (unpaired) electrons. The van der Waals surface area contributed by atoms with Gasteiger partial charge in [-0.3, -0.25) is 14.9 Å². The van der Waals surface area contributed by atoms with Crippen LogP contribution in [0.15, 0.2) is 59.8 Å². The Hall–Kier alpha value is -2.97. The minimum absolute atomic E-state index is 0.0270. The van der Waals surface area contributed by atoms with E-state index in [1.807, 2.05) is 0 Å². The molecule has 7 nitrogen and oxygen atoms in total. The molecule has 27 heavy (non-hydrogen) atoms. The predicted molar refractivity (Wildman–Crippen MR) is 107 cm³/mol. The second kappa shape index (κ2) is 7.73. The van der Waals surface area contributed by atoms with E-state index in [0.717, 1.165) is 0 Å². The number of amides is 1. The average molecular weight is 403 g/mol. The van der Waals surface area contributed by atoms with Gasteiger partial charge in [0.25, 0.3) is 11.6 Å². The fourth-order valence-electron chi connectivity index (χ4n) is 2.80. The molecule has 0 fully saturated rings. The van der Waals surface area contributed by atoms with E-state index >= 15 is 0 Å². The van der Waals surface area contributed by atoms with Crippen LogP contribution in [-0.4, -0.2) is 15.9 Å². The SMILES string of the molecule is CC1=C(C(=O)Nc2cccc(Cl)c2)[C@@H](c2ccc([N+](=O)[O-])cc2)NC(=S)N1. The van der Waals surface area contributed by atoms with E-state index in [1.54, 1.807) is 43.3 Å². The van der Waals surface area contributed by atoms with Gasteiger partial charge in [-0.2, -0.15) is 0 Å². The van der Waals surface area contributed by atoms with Crippen molar-refractivity contribution in [1.29, 1.82) is 0 Å². The number of carbonyl (C=O) groups excluding carboxylic acids is 1. The summed E-state index contributed by atoms with van der Waals surface area (Å²) in [5.74, 6) is -0.333. The van der Waals surface area contributed by atoms with E-state index < -0.39 is 11.0 Å². The number of halogens is 1. The number of thiocarbonyl (C=S) groups is 1. The van der Waals surface area contributed by atoms with Crippen LogP contribution in [0.2, 0.25) is 5.02 Å². The second-order valence-electron chi connectivity index (χ2n) is 5.88. The summed E-state index contributed by atoms with van der Waals surface area (Å²) >= 11 is 11.2. The van der Waals surface area contributed by atoms with Crippen molar-refractivity contribution in [3.63, 3.8) is 0 Å². The number of rotatable bonds is 4. The summed E-state index contributed by atoms with van der Waals surface area (Å²) in [7, 11) is 0. The molecule has 0 saturated heterocycles. The highest BCUT2D eigenvalue weighted by atomic mass is 35.5. The van der Waals surface area contributed by atoms with Crippen molar-refractivity contribution in [2.24, 2.45) is 0 Å².